The number of para-hydroxylation sites is 1. The van der Waals surface area contributed by atoms with Crippen molar-refractivity contribution in [3.05, 3.63) is 187 Å². The van der Waals surface area contributed by atoms with E-state index in [0.29, 0.717) is 0 Å². The third kappa shape index (κ3) is 4.88. The number of fused-ring (bicyclic) bond motifs is 7. The molecule has 260 valence electrons. The molecule has 3 aromatic heterocycles. The summed E-state index contributed by atoms with van der Waals surface area (Å²) in [5.41, 5.74) is 14.4. The molecule has 0 N–H and O–H groups in total. The minimum absolute atomic E-state index is 0.289. The highest BCUT2D eigenvalue weighted by Crippen LogP contribution is 2.54. The number of nitrogens with zero attached hydrogens (tertiary/aromatic N) is 3. The lowest BCUT2D eigenvalue weighted by molar-refractivity contribution is 0.658. The van der Waals surface area contributed by atoms with Gasteiger partial charge in [0.05, 0.1) is 22.6 Å². The summed E-state index contributed by atoms with van der Waals surface area (Å²) in [6.07, 6.45) is 0. The topological polar surface area (TPSA) is 30.7 Å². The van der Waals surface area contributed by atoms with Crippen molar-refractivity contribution in [2.45, 2.75) is 19.3 Å². The summed E-state index contributed by atoms with van der Waals surface area (Å²) < 4.78 is 5.04. The summed E-state index contributed by atoms with van der Waals surface area (Å²) >= 11 is 1.87. The van der Waals surface area contributed by atoms with Crippen LogP contribution in [-0.2, 0) is 5.41 Å². The molecule has 0 saturated heterocycles. The molecule has 0 atom stereocenters. The van der Waals surface area contributed by atoms with Crippen LogP contribution in [-0.4, -0.2) is 14.5 Å². The van der Waals surface area contributed by atoms with Crippen molar-refractivity contribution >= 4 is 42.4 Å². The molecule has 4 heteroatoms. The van der Waals surface area contributed by atoms with Crippen LogP contribution in [0.4, 0.5) is 0 Å². The highest BCUT2D eigenvalue weighted by molar-refractivity contribution is 7.25. The van der Waals surface area contributed by atoms with E-state index in [0.717, 1.165) is 50.8 Å². The van der Waals surface area contributed by atoms with Crippen LogP contribution in [0.25, 0.3) is 93.0 Å². The Hall–Kier alpha value is -6.62. The molecule has 0 bridgehead atoms. The maximum Gasteiger partial charge on any atom is 0.160 e. The van der Waals surface area contributed by atoms with Gasteiger partial charge in [-0.05, 0) is 53.1 Å². The molecule has 10 aromatic rings. The SMILES string of the molecule is CC1(C)c2cc3sc4ccccc4c3cc2-c2nc(-c3cccc(-n4c(-c5ccccc5)c(-c5ccccc5)c5ccccc54)c3)nc(-c3ccccc3)c21. The Kier molecular flexibility index (Phi) is 7.07. The molecule has 0 amide bonds. The van der Waals surface area contributed by atoms with Crippen LogP contribution in [0.2, 0.25) is 0 Å². The molecule has 7 aromatic carbocycles. The van der Waals surface area contributed by atoms with Crippen molar-refractivity contribution in [1.29, 1.82) is 0 Å². The fourth-order valence-electron chi connectivity index (χ4n) is 8.86. The zero-order valence-electron chi connectivity index (χ0n) is 30.5. The molecule has 0 spiro atoms. The van der Waals surface area contributed by atoms with Gasteiger partial charge in [-0.1, -0.05) is 153 Å². The van der Waals surface area contributed by atoms with Gasteiger partial charge in [0.2, 0.25) is 0 Å². The fourth-order valence-corrected chi connectivity index (χ4v) is 9.99. The molecule has 55 heavy (non-hydrogen) atoms. The summed E-state index contributed by atoms with van der Waals surface area (Å²) in [5.74, 6) is 0.722. The number of thiophene rings is 1. The standard InChI is InChI=1S/C51H35N3S/c1-51(2)41-31-44-39(37-25-13-15-28-43(37)55-44)30-40(41)48-46(51)47(33-19-8-4-9-20-33)52-50(53-48)35-23-16-24-36(29-35)54-42-27-14-12-26-38(42)45(32-17-6-3-7-18-32)49(54)34-21-10-5-11-22-34/h3-31H,1-2H3. The number of aromatic nitrogens is 3. The maximum atomic E-state index is 5.53. The van der Waals surface area contributed by atoms with Gasteiger partial charge < -0.3 is 4.57 Å². The largest absolute Gasteiger partial charge is 0.309 e. The second-order valence-corrected chi connectivity index (χ2v) is 16.0. The van der Waals surface area contributed by atoms with Crippen molar-refractivity contribution in [2.75, 3.05) is 0 Å². The Bertz CT molecular complexity index is 3100. The van der Waals surface area contributed by atoms with Crippen LogP contribution in [0.1, 0.15) is 25.0 Å². The predicted molar refractivity (Wildman–Crippen MR) is 231 cm³/mol. The Morgan fingerprint density at radius 2 is 1.11 bits per heavy atom. The summed E-state index contributed by atoms with van der Waals surface area (Å²) in [6.45, 7) is 4.67. The van der Waals surface area contributed by atoms with Crippen molar-refractivity contribution in [1.82, 2.24) is 14.5 Å². The van der Waals surface area contributed by atoms with Gasteiger partial charge in [-0.15, -0.1) is 11.3 Å². The number of hydrogen-bond acceptors (Lipinski definition) is 3. The van der Waals surface area contributed by atoms with Gasteiger partial charge in [0.15, 0.2) is 5.82 Å². The second kappa shape index (κ2) is 12.2. The molecular formula is C51H35N3S. The van der Waals surface area contributed by atoms with Crippen LogP contribution < -0.4 is 0 Å². The third-order valence-corrected chi connectivity index (χ3v) is 12.5. The van der Waals surface area contributed by atoms with E-state index in [-0.39, 0.29) is 5.41 Å². The van der Waals surface area contributed by atoms with Gasteiger partial charge in [0.1, 0.15) is 0 Å². The highest BCUT2D eigenvalue weighted by Gasteiger charge is 2.41. The first-order chi connectivity index (χ1) is 27.0. The molecular weight excluding hydrogens is 687 g/mol. The molecule has 0 saturated carbocycles. The average Bonchev–Trinajstić information content (AvgIpc) is 3.86. The predicted octanol–water partition coefficient (Wildman–Crippen LogP) is 13.8. The van der Waals surface area contributed by atoms with Crippen molar-refractivity contribution in [3.8, 4) is 62.0 Å². The van der Waals surface area contributed by atoms with E-state index in [1.54, 1.807) is 0 Å². The van der Waals surface area contributed by atoms with E-state index in [1.165, 1.54) is 53.4 Å². The lowest BCUT2D eigenvalue weighted by Crippen LogP contribution is -2.17. The summed E-state index contributed by atoms with van der Waals surface area (Å²) in [4.78, 5) is 11.0. The quantitative estimate of drug-likeness (QED) is 0.177. The van der Waals surface area contributed by atoms with Crippen molar-refractivity contribution < 1.29 is 0 Å². The molecule has 1 aliphatic rings. The van der Waals surface area contributed by atoms with E-state index in [4.69, 9.17) is 9.97 Å². The van der Waals surface area contributed by atoms with Crippen LogP contribution in [0.3, 0.4) is 0 Å². The Morgan fingerprint density at radius 3 is 1.87 bits per heavy atom. The molecule has 0 unspecified atom stereocenters. The van der Waals surface area contributed by atoms with Crippen molar-refractivity contribution in [2.24, 2.45) is 0 Å². The molecule has 11 rings (SSSR count). The van der Waals surface area contributed by atoms with E-state index in [1.807, 2.05) is 11.3 Å². The van der Waals surface area contributed by atoms with Gasteiger partial charge in [-0.2, -0.15) is 0 Å². The first-order valence-corrected chi connectivity index (χ1v) is 19.7. The monoisotopic (exact) mass is 721 g/mol. The molecule has 0 radical (unpaired) electrons. The fraction of sp³-hybridized carbons (Fsp3) is 0.0588. The molecule has 0 fully saturated rings. The van der Waals surface area contributed by atoms with Gasteiger partial charge in [-0.3, -0.25) is 0 Å². The number of benzene rings is 7. The van der Waals surface area contributed by atoms with Crippen molar-refractivity contribution in [3.63, 3.8) is 0 Å². The van der Waals surface area contributed by atoms with Crippen LogP contribution in [0.5, 0.6) is 0 Å². The number of rotatable bonds is 5. The van der Waals surface area contributed by atoms with Gasteiger partial charge in [0, 0.05) is 64.5 Å². The second-order valence-electron chi connectivity index (χ2n) is 15.0. The van der Waals surface area contributed by atoms with Gasteiger partial charge in [0.25, 0.3) is 0 Å². The molecule has 3 heterocycles. The minimum Gasteiger partial charge on any atom is -0.309 e. The highest BCUT2D eigenvalue weighted by atomic mass is 32.1. The lowest BCUT2D eigenvalue weighted by Gasteiger charge is -2.24. The summed E-state index contributed by atoms with van der Waals surface area (Å²) in [5, 5.41) is 3.79. The van der Waals surface area contributed by atoms with E-state index in [2.05, 4.69) is 194 Å². The normalized spacial score (nSPS) is 13.1. The van der Waals surface area contributed by atoms with Crippen LogP contribution in [0, 0.1) is 0 Å². The van der Waals surface area contributed by atoms with E-state index < -0.39 is 0 Å². The first-order valence-electron chi connectivity index (χ1n) is 18.8. The Balaban J connectivity index is 1.17. The van der Waals surface area contributed by atoms with Gasteiger partial charge >= 0.3 is 0 Å². The Morgan fingerprint density at radius 1 is 0.491 bits per heavy atom. The smallest absolute Gasteiger partial charge is 0.160 e. The van der Waals surface area contributed by atoms with Crippen LogP contribution >= 0.6 is 11.3 Å². The maximum absolute atomic E-state index is 5.53. The molecule has 1 aliphatic carbocycles. The summed E-state index contributed by atoms with van der Waals surface area (Å²) in [6, 6.07) is 63.2. The van der Waals surface area contributed by atoms with Crippen LogP contribution in [0.15, 0.2) is 176 Å². The molecule has 0 aliphatic heterocycles. The summed E-state index contributed by atoms with van der Waals surface area (Å²) in [7, 11) is 0. The lowest BCUT2D eigenvalue weighted by atomic mass is 9.80. The number of hydrogen-bond donors (Lipinski definition) is 0. The van der Waals surface area contributed by atoms with E-state index >= 15 is 0 Å². The Labute approximate surface area is 323 Å². The van der Waals surface area contributed by atoms with Gasteiger partial charge in [-0.25, -0.2) is 9.97 Å². The zero-order chi connectivity index (χ0) is 36.7. The molecule has 3 nitrogen and oxygen atoms in total. The average molecular weight is 722 g/mol. The third-order valence-electron chi connectivity index (χ3n) is 11.4. The van der Waals surface area contributed by atoms with E-state index in [9.17, 15) is 0 Å². The first kappa shape index (κ1) is 31.9. The zero-order valence-corrected chi connectivity index (χ0v) is 31.3. The minimum atomic E-state index is -0.289.